The first-order valence-electron chi connectivity index (χ1n) is 5.56. The standard InChI is InChI=1S/C11H15NO3S2/c1-8-2-5-10(16-8)17(14,15)7-6-12-11(13)9-3-4-9/h2,5,9H,3-4,6-7H2,1H3,(H,12,13). The van der Waals surface area contributed by atoms with Crippen molar-refractivity contribution in [2.24, 2.45) is 5.92 Å². The molecule has 0 aromatic carbocycles. The minimum Gasteiger partial charge on any atom is -0.355 e. The molecule has 1 aromatic rings. The van der Waals surface area contributed by atoms with E-state index < -0.39 is 9.84 Å². The van der Waals surface area contributed by atoms with Gasteiger partial charge in [-0.2, -0.15) is 0 Å². The summed E-state index contributed by atoms with van der Waals surface area (Å²) in [5.41, 5.74) is 0. The van der Waals surface area contributed by atoms with Gasteiger partial charge in [0.15, 0.2) is 9.84 Å². The summed E-state index contributed by atoms with van der Waals surface area (Å²) < 4.78 is 24.1. The molecule has 1 aromatic heterocycles. The van der Waals surface area contributed by atoms with Gasteiger partial charge in [0.2, 0.25) is 5.91 Å². The average molecular weight is 273 g/mol. The molecule has 1 fully saturated rings. The molecule has 1 aliphatic carbocycles. The van der Waals surface area contributed by atoms with Crippen molar-refractivity contribution in [1.82, 2.24) is 5.32 Å². The van der Waals surface area contributed by atoms with Crippen molar-refractivity contribution < 1.29 is 13.2 Å². The van der Waals surface area contributed by atoms with E-state index in [0.29, 0.717) is 4.21 Å². The van der Waals surface area contributed by atoms with Crippen LogP contribution >= 0.6 is 11.3 Å². The van der Waals surface area contributed by atoms with Crippen molar-refractivity contribution in [1.29, 1.82) is 0 Å². The highest BCUT2D eigenvalue weighted by atomic mass is 32.2. The predicted molar refractivity (Wildman–Crippen MR) is 66.8 cm³/mol. The van der Waals surface area contributed by atoms with E-state index in [4.69, 9.17) is 0 Å². The Morgan fingerprint density at radius 2 is 2.18 bits per heavy atom. The van der Waals surface area contributed by atoms with Crippen LogP contribution < -0.4 is 5.32 Å². The van der Waals surface area contributed by atoms with Gasteiger partial charge in [-0.3, -0.25) is 4.79 Å². The molecule has 17 heavy (non-hydrogen) atoms. The molecule has 0 radical (unpaired) electrons. The van der Waals surface area contributed by atoms with Gasteiger partial charge in [-0.1, -0.05) is 0 Å². The summed E-state index contributed by atoms with van der Waals surface area (Å²) in [5, 5.41) is 2.66. The number of nitrogens with one attached hydrogen (secondary N) is 1. The molecule has 0 unspecified atom stereocenters. The van der Waals surface area contributed by atoms with Crippen LogP contribution in [-0.2, 0) is 14.6 Å². The second kappa shape index (κ2) is 4.78. The fourth-order valence-corrected chi connectivity index (χ4v) is 4.07. The van der Waals surface area contributed by atoms with Crippen molar-refractivity contribution in [3.8, 4) is 0 Å². The van der Waals surface area contributed by atoms with Gasteiger partial charge in [0.1, 0.15) is 4.21 Å². The number of rotatable bonds is 5. The lowest BCUT2D eigenvalue weighted by Gasteiger charge is -2.04. The maximum Gasteiger partial charge on any atom is 0.223 e. The molecule has 2 rings (SSSR count). The fraction of sp³-hybridized carbons (Fsp3) is 0.545. The molecule has 6 heteroatoms. The topological polar surface area (TPSA) is 63.2 Å². The van der Waals surface area contributed by atoms with E-state index in [1.54, 1.807) is 12.1 Å². The van der Waals surface area contributed by atoms with Crippen molar-refractivity contribution in [2.75, 3.05) is 12.3 Å². The molecule has 0 spiro atoms. The summed E-state index contributed by atoms with van der Waals surface area (Å²) in [6, 6.07) is 3.42. The van der Waals surface area contributed by atoms with Crippen LogP contribution in [0.4, 0.5) is 0 Å². The second-order valence-corrected chi connectivity index (χ2v) is 7.87. The van der Waals surface area contributed by atoms with Gasteiger partial charge >= 0.3 is 0 Å². The Morgan fingerprint density at radius 3 is 2.71 bits per heavy atom. The Balaban J connectivity index is 1.87. The Morgan fingerprint density at radius 1 is 1.47 bits per heavy atom. The molecular weight excluding hydrogens is 258 g/mol. The maximum absolute atomic E-state index is 11.9. The quantitative estimate of drug-likeness (QED) is 0.881. The van der Waals surface area contributed by atoms with E-state index in [2.05, 4.69) is 5.32 Å². The molecular formula is C11H15NO3S2. The van der Waals surface area contributed by atoms with Crippen molar-refractivity contribution in [3.05, 3.63) is 17.0 Å². The van der Waals surface area contributed by atoms with Crippen LogP contribution in [0.3, 0.4) is 0 Å². The first-order valence-corrected chi connectivity index (χ1v) is 8.03. The Labute approximate surface area is 105 Å². The minimum absolute atomic E-state index is 0.0115. The highest BCUT2D eigenvalue weighted by Gasteiger charge is 2.29. The van der Waals surface area contributed by atoms with E-state index >= 15 is 0 Å². The first kappa shape index (κ1) is 12.6. The van der Waals surface area contributed by atoms with Crippen LogP contribution in [0.1, 0.15) is 17.7 Å². The molecule has 0 atom stereocenters. The van der Waals surface area contributed by atoms with E-state index in [9.17, 15) is 13.2 Å². The molecule has 4 nitrogen and oxygen atoms in total. The van der Waals surface area contributed by atoms with Crippen LogP contribution in [0.5, 0.6) is 0 Å². The summed E-state index contributed by atoms with van der Waals surface area (Å²) >= 11 is 1.27. The van der Waals surface area contributed by atoms with E-state index in [0.717, 1.165) is 17.7 Å². The van der Waals surface area contributed by atoms with Crippen molar-refractivity contribution in [2.45, 2.75) is 24.0 Å². The maximum atomic E-state index is 11.9. The van der Waals surface area contributed by atoms with Crippen LogP contribution in [-0.4, -0.2) is 26.6 Å². The lowest BCUT2D eigenvalue weighted by Crippen LogP contribution is -2.30. The number of aryl methyl sites for hydroxylation is 1. The van der Waals surface area contributed by atoms with Gasteiger partial charge in [0.05, 0.1) is 5.75 Å². The average Bonchev–Trinajstić information content (AvgIpc) is 3.01. The van der Waals surface area contributed by atoms with E-state index in [-0.39, 0.29) is 24.1 Å². The molecule has 0 bridgehead atoms. The second-order valence-electron chi connectivity index (χ2n) is 4.25. The molecule has 1 amide bonds. The van der Waals surface area contributed by atoms with Gasteiger partial charge < -0.3 is 5.32 Å². The van der Waals surface area contributed by atoms with Gasteiger partial charge in [-0.15, -0.1) is 11.3 Å². The Kier molecular flexibility index (Phi) is 3.53. The molecule has 0 saturated heterocycles. The summed E-state index contributed by atoms with van der Waals surface area (Å²) in [5.74, 6) is 0.0926. The number of carbonyl (C=O) groups is 1. The minimum atomic E-state index is -3.24. The monoisotopic (exact) mass is 273 g/mol. The van der Waals surface area contributed by atoms with Gasteiger partial charge in [-0.25, -0.2) is 8.42 Å². The van der Waals surface area contributed by atoms with Crippen LogP contribution in [0.15, 0.2) is 16.3 Å². The smallest absolute Gasteiger partial charge is 0.223 e. The largest absolute Gasteiger partial charge is 0.355 e. The predicted octanol–water partition coefficient (Wildman–Crippen LogP) is 1.36. The fourth-order valence-electron chi connectivity index (χ4n) is 1.48. The number of thiophene rings is 1. The Bertz CT molecular complexity index is 515. The lowest BCUT2D eigenvalue weighted by molar-refractivity contribution is -0.122. The molecule has 1 saturated carbocycles. The number of sulfone groups is 1. The van der Waals surface area contributed by atoms with Crippen molar-refractivity contribution >= 4 is 27.1 Å². The molecule has 1 aliphatic rings. The van der Waals surface area contributed by atoms with Crippen LogP contribution in [0, 0.1) is 12.8 Å². The summed E-state index contributed by atoms with van der Waals surface area (Å²) in [4.78, 5) is 12.3. The van der Waals surface area contributed by atoms with Crippen LogP contribution in [0.25, 0.3) is 0 Å². The molecule has 0 aliphatic heterocycles. The van der Waals surface area contributed by atoms with Gasteiger partial charge in [0, 0.05) is 17.3 Å². The van der Waals surface area contributed by atoms with Crippen molar-refractivity contribution in [3.63, 3.8) is 0 Å². The highest BCUT2D eigenvalue weighted by Crippen LogP contribution is 2.28. The van der Waals surface area contributed by atoms with E-state index in [1.807, 2.05) is 6.92 Å². The Hall–Kier alpha value is -0.880. The van der Waals surface area contributed by atoms with E-state index in [1.165, 1.54) is 11.3 Å². The number of carbonyl (C=O) groups excluding carboxylic acids is 1. The summed E-state index contributed by atoms with van der Waals surface area (Å²) in [6.45, 7) is 2.08. The van der Waals surface area contributed by atoms with Gasteiger partial charge in [0.25, 0.3) is 0 Å². The summed E-state index contributed by atoms with van der Waals surface area (Å²) in [7, 11) is -3.24. The zero-order chi connectivity index (χ0) is 12.5. The van der Waals surface area contributed by atoms with Gasteiger partial charge in [-0.05, 0) is 31.9 Å². The zero-order valence-corrected chi connectivity index (χ0v) is 11.2. The molecule has 1 heterocycles. The molecule has 1 N–H and O–H groups in total. The number of amides is 1. The highest BCUT2D eigenvalue weighted by molar-refractivity contribution is 7.93. The number of hydrogen-bond donors (Lipinski definition) is 1. The third-order valence-electron chi connectivity index (χ3n) is 2.64. The number of hydrogen-bond acceptors (Lipinski definition) is 4. The third kappa shape index (κ3) is 3.29. The summed E-state index contributed by atoms with van der Waals surface area (Å²) in [6.07, 6.45) is 1.87. The van der Waals surface area contributed by atoms with Crippen LogP contribution in [0.2, 0.25) is 0 Å². The lowest BCUT2D eigenvalue weighted by atomic mass is 10.4. The SMILES string of the molecule is Cc1ccc(S(=O)(=O)CCNC(=O)C2CC2)s1. The normalized spacial score (nSPS) is 15.8. The first-order chi connectivity index (χ1) is 7.99. The zero-order valence-electron chi connectivity index (χ0n) is 9.60. The molecule has 94 valence electrons. The third-order valence-corrected chi connectivity index (χ3v) is 5.94.